The van der Waals surface area contributed by atoms with Gasteiger partial charge in [-0.3, -0.25) is 4.68 Å². The summed E-state index contributed by atoms with van der Waals surface area (Å²) in [6.45, 7) is 9.84. The van der Waals surface area contributed by atoms with E-state index in [1.807, 2.05) is 31.8 Å². The molecular weight excluding hydrogens is 264 g/mol. The average molecular weight is 288 g/mol. The van der Waals surface area contributed by atoms with E-state index >= 15 is 0 Å². The zero-order valence-electron chi connectivity index (χ0n) is 13.5. The van der Waals surface area contributed by atoms with Gasteiger partial charge in [-0.05, 0) is 27.2 Å². The Kier molecular flexibility index (Phi) is 4.77. The minimum atomic E-state index is 0.671. The van der Waals surface area contributed by atoms with Crippen LogP contribution in [0.1, 0.15) is 35.9 Å². The first-order valence-corrected chi connectivity index (χ1v) is 7.33. The van der Waals surface area contributed by atoms with Gasteiger partial charge in [-0.1, -0.05) is 6.92 Å². The average Bonchev–Trinajstić information content (AvgIpc) is 2.70. The Morgan fingerprint density at radius 2 is 1.95 bits per heavy atom. The van der Waals surface area contributed by atoms with Gasteiger partial charge in [0.1, 0.15) is 5.82 Å². The second kappa shape index (κ2) is 6.56. The number of hydrogen-bond acceptors (Lipinski definition) is 5. The van der Waals surface area contributed by atoms with Crippen molar-refractivity contribution in [1.82, 2.24) is 19.7 Å². The number of nitrogens with one attached hydrogen (secondary N) is 2. The standard InChI is InChI=1S/C15H24N6/c1-6-7-16-15-18-8-10(2)14(19-15)17-9-13-11(3)20-21(5)12(13)4/h8H,6-7,9H2,1-5H3,(H2,16,17,18,19). The maximum atomic E-state index is 4.53. The lowest BCUT2D eigenvalue weighted by Gasteiger charge is -2.11. The van der Waals surface area contributed by atoms with Gasteiger partial charge < -0.3 is 10.6 Å². The van der Waals surface area contributed by atoms with Crippen LogP contribution in [-0.2, 0) is 13.6 Å². The molecule has 0 aliphatic rings. The lowest BCUT2D eigenvalue weighted by atomic mass is 10.2. The first kappa shape index (κ1) is 15.3. The van der Waals surface area contributed by atoms with E-state index in [-0.39, 0.29) is 0 Å². The van der Waals surface area contributed by atoms with E-state index in [0.29, 0.717) is 5.95 Å². The Labute approximate surface area is 126 Å². The zero-order chi connectivity index (χ0) is 15.4. The summed E-state index contributed by atoms with van der Waals surface area (Å²) in [5.74, 6) is 1.54. The van der Waals surface area contributed by atoms with Crippen LogP contribution in [0.2, 0.25) is 0 Å². The van der Waals surface area contributed by atoms with Crippen molar-refractivity contribution in [1.29, 1.82) is 0 Å². The predicted molar refractivity (Wildman–Crippen MR) is 85.6 cm³/mol. The largest absolute Gasteiger partial charge is 0.365 e. The van der Waals surface area contributed by atoms with E-state index in [2.05, 4.69) is 39.5 Å². The van der Waals surface area contributed by atoms with Gasteiger partial charge >= 0.3 is 0 Å². The van der Waals surface area contributed by atoms with Gasteiger partial charge in [-0.15, -0.1) is 0 Å². The highest BCUT2D eigenvalue weighted by Gasteiger charge is 2.10. The predicted octanol–water partition coefficient (Wildman–Crippen LogP) is 2.57. The third-order valence-electron chi connectivity index (χ3n) is 3.60. The molecule has 0 radical (unpaired) electrons. The second-order valence-corrected chi connectivity index (χ2v) is 5.28. The van der Waals surface area contributed by atoms with Crippen molar-refractivity contribution in [3.05, 3.63) is 28.7 Å². The summed E-state index contributed by atoms with van der Waals surface area (Å²) in [6, 6.07) is 0. The Morgan fingerprint density at radius 3 is 2.57 bits per heavy atom. The van der Waals surface area contributed by atoms with Crippen LogP contribution in [0.25, 0.3) is 0 Å². The normalized spacial score (nSPS) is 10.7. The molecule has 0 bridgehead atoms. The molecule has 2 rings (SSSR count). The fourth-order valence-electron chi connectivity index (χ4n) is 2.19. The van der Waals surface area contributed by atoms with E-state index in [1.54, 1.807) is 0 Å². The molecule has 21 heavy (non-hydrogen) atoms. The number of nitrogens with zero attached hydrogens (tertiary/aromatic N) is 4. The van der Waals surface area contributed by atoms with Crippen molar-refractivity contribution in [3.8, 4) is 0 Å². The molecular formula is C15H24N6. The molecule has 0 amide bonds. The molecule has 0 aromatic carbocycles. The molecule has 0 aliphatic heterocycles. The van der Waals surface area contributed by atoms with E-state index in [0.717, 1.165) is 36.6 Å². The lowest BCUT2D eigenvalue weighted by molar-refractivity contribution is 0.730. The van der Waals surface area contributed by atoms with Crippen LogP contribution in [0, 0.1) is 20.8 Å². The maximum absolute atomic E-state index is 4.53. The number of aryl methyl sites for hydroxylation is 3. The molecule has 0 saturated carbocycles. The zero-order valence-corrected chi connectivity index (χ0v) is 13.5. The Morgan fingerprint density at radius 1 is 1.19 bits per heavy atom. The monoisotopic (exact) mass is 288 g/mol. The summed E-state index contributed by atoms with van der Waals surface area (Å²) in [5.41, 5.74) is 4.49. The summed E-state index contributed by atoms with van der Waals surface area (Å²) in [7, 11) is 1.97. The lowest BCUT2D eigenvalue weighted by Crippen LogP contribution is -2.09. The number of aromatic nitrogens is 4. The van der Waals surface area contributed by atoms with Gasteiger partial charge in [-0.25, -0.2) is 4.98 Å². The van der Waals surface area contributed by atoms with Gasteiger partial charge in [0.05, 0.1) is 5.69 Å². The Hall–Kier alpha value is -2.11. The molecule has 0 spiro atoms. The van der Waals surface area contributed by atoms with Crippen LogP contribution in [0.3, 0.4) is 0 Å². The number of anilines is 2. The Bertz CT molecular complexity index is 617. The molecule has 2 aromatic heterocycles. The molecule has 114 valence electrons. The number of hydrogen-bond donors (Lipinski definition) is 2. The minimum Gasteiger partial charge on any atom is -0.365 e. The van der Waals surface area contributed by atoms with Crippen LogP contribution in [0.5, 0.6) is 0 Å². The summed E-state index contributed by atoms with van der Waals surface area (Å²) >= 11 is 0. The van der Waals surface area contributed by atoms with Crippen molar-refractivity contribution in [2.45, 2.75) is 40.7 Å². The van der Waals surface area contributed by atoms with Crippen molar-refractivity contribution in [2.24, 2.45) is 7.05 Å². The van der Waals surface area contributed by atoms with E-state index in [9.17, 15) is 0 Å². The van der Waals surface area contributed by atoms with Crippen LogP contribution >= 0.6 is 0 Å². The molecule has 0 fully saturated rings. The van der Waals surface area contributed by atoms with Crippen LogP contribution in [0.15, 0.2) is 6.20 Å². The maximum Gasteiger partial charge on any atom is 0.224 e. The van der Waals surface area contributed by atoms with Crippen molar-refractivity contribution < 1.29 is 0 Å². The molecule has 2 aromatic rings. The molecule has 0 unspecified atom stereocenters. The van der Waals surface area contributed by atoms with Gasteiger partial charge in [0, 0.05) is 43.2 Å². The quantitative estimate of drug-likeness (QED) is 0.855. The molecule has 2 N–H and O–H groups in total. The van der Waals surface area contributed by atoms with Crippen molar-refractivity contribution in [3.63, 3.8) is 0 Å². The van der Waals surface area contributed by atoms with Crippen LogP contribution < -0.4 is 10.6 Å². The fourth-order valence-corrected chi connectivity index (χ4v) is 2.19. The summed E-state index contributed by atoms with van der Waals surface area (Å²) in [5, 5.41) is 11.0. The highest BCUT2D eigenvalue weighted by molar-refractivity contribution is 5.47. The first-order valence-electron chi connectivity index (χ1n) is 7.33. The number of rotatable bonds is 6. The minimum absolute atomic E-state index is 0.671. The summed E-state index contributed by atoms with van der Waals surface area (Å²) in [6.07, 6.45) is 2.89. The third kappa shape index (κ3) is 3.51. The molecule has 0 atom stereocenters. The van der Waals surface area contributed by atoms with Gasteiger partial charge in [-0.2, -0.15) is 10.1 Å². The van der Waals surface area contributed by atoms with E-state index < -0.39 is 0 Å². The SMILES string of the molecule is CCCNc1ncc(C)c(NCc2c(C)nn(C)c2C)n1. The van der Waals surface area contributed by atoms with Crippen LogP contribution in [0.4, 0.5) is 11.8 Å². The topological polar surface area (TPSA) is 67.7 Å². The highest BCUT2D eigenvalue weighted by Crippen LogP contribution is 2.17. The molecule has 0 aliphatic carbocycles. The smallest absolute Gasteiger partial charge is 0.224 e. The molecule has 6 heteroatoms. The summed E-state index contributed by atoms with van der Waals surface area (Å²) < 4.78 is 1.91. The van der Waals surface area contributed by atoms with Crippen molar-refractivity contribution in [2.75, 3.05) is 17.2 Å². The Balaban J connectivity index is 2.12. The van der Waals surface area contributed by atoms with Crippen molar-refractivity contribution >= 4 is 11.8 Å². The van der Waals surface area contributed by atoms with Gasteiger partial charge in [0.2, 0.25) is 5.95 Å². The molecule has 0 saturated heterocycles. The summed E-state index contributed by atoms with van der Waals surface area (Å²) in [4.78, 5) is 8.82. The van der Waals surface area contributed by atoms with Gasteiger partial charge in [0.25, 0.3) is 0 Å². The van der Waals surface area contributed by atoms with E-state index in [1.165, 1.54) is 11.3 Å². The van der Waals surface area contributed by atoms with Gasteiger partial charge in [0.15, 0.2) is 0 Å². The second-order valence-electron chi connectivity index (χ2n) is 5.28. The third-order valence-corrected chi connectivity index (χ3v) is 3.60. The molecule has 2 heterocycles. The molecule has 6 nitrogen and oxygen atoms in total. The van der Waals surface area contributed by atoms with Crippen LogP contribution in [-0.4, -0.2) is 26.3 Å². The van der Waals surface area contributed by atoms with E-state index in [4.69, 9.17) is 0 Å². The fraction of sp³-hybridized carbons (Fsp3) is 0.533. The first-order chi connectivity index (χ1) is 10.0. The highest BCUT2D eigenvalue weighted by atomic mass is 15.3.